The fourth-order valence-corrected chi connectivity index (χ4v) is 3.59. The van der Waals surface area contributed by atoms with Crippen LogP contribution in [0.3, 0.4) is 0 Å². The van der Waals surface area contributed by atoms with Crippen molar-refractivity contribution in [3.63, 3.8) is 0 Å². The molecule has 0 bridgehead atoms. The van der Waals surface area contributed by atoms with Crippen LogP contribution in [-0.2, 0) is 18.3 Å². The minimum absolute atomic E-state index is 0.258. The number of ether oxygens (including phenoxy) is 1. The highest BCUT2D eigenvalue weighted by Gasteiger charge is 2.37. The molecule has 0 spiro atoms. The molecule has 0 radical (unpaired) electrons. The van der Waals surface area contributed by atoms with E-state index in [-0.39, 0.29) is 19.3 Å². The van der Waals surface area contributed by atoms with Crippen LogP contribution in [0.5, 0.6) is 0 Å². The van der Waals surface area contributed by atoms with Crippen LogP contribution in [0.25, 0.3) is 0 Å². The quantitative estimate of drug-likeness (QED) is 0.700. The van der Waals surface area contributed by atoms with Gasteiger partial charge in [-0.15, -0.1) is 0 Å². The molecule has 118 valence electrons. The van der Waals surface area contributed by atoms with Crippen LogP contribution in [0.2, 0.25) is 0 Å². The van der Waals surface area contributed by atoms with E-state index in [1.807, 2.05) is 0 Å². The van der Waals surface area contributed by atoms with Gasteiger partial charge in [-0.25, -0.2) is 4.79 Å². The largest absolute Gasteiger partial charge is 0.453 e. The van der Waals surface area contributed by atoms with Crippen LogP contribution in [0, 0.1) is 11.3 Å². The summed E-state index contributed by atoms with van der Waals surface area (Å²) in [6, 6.07) is 1.18. The Hall–Kier alpha value is -1.35. The standard InChI is InChI=1S/C13H21N2O5P/c1-4-19-21(17,20-5-2)9-8-11-6-7-12(10-14)15(11)13(16)18-3/h8-9,11-12H,4-7H2,1-3H3/b9-8+/t11-,12+/m0/s1. The zero-order valence-corrected chi connectivity index (χ0v) is 13.4. The molecule has 1 rings (SSSR count). The highest BCUT2D eigenvalue weighted by Crippen LogP contribution is 2.50. The third-order valence-corrected chi connectivity index (χ3v) is 4.85. The summed E-state index contributed by atoms with van der Waals surface area (Å²) in [5.41, 5.74) is 0. The molecule has 2 atom stereocenters. The summed E-state index contributed by atoms with van der Waals surface area (Å²) >= 11 is 0. The summed E-state index contributed by atoms with van der Waals surface area (Å²) in [5, 5.41) is 9.07. The molecular weight excluding hydrogens is 295 g/mol. The normalized spacial score (nSPS) is 22.5. The lowest BCUT2D eigenvalue weighted by Gasteiger charge is -2.23. The highest BCUT2D eigenvalue weighted by molar-refractivity contribution is 7.57. The van der Waals surface area contributed by atoms with E-state index in [4.69, 9.17) is 19.0 Å². The van der Waals surface area contributed by atoms with E-state index < -0.39 is 19.7 Å². The Balaban J connectivity index is 2.89. The van der Waals surface area contributed by atoms with Gasteiger partial charge in [0, 0.05) is 5.82 Å². The van der Waals surface area contributed by atoms with Crippen molar-refractivity contribution < 1.29 is 23.1 Å². The first-order valence-corrected chi connectivity index (χ1v) is 8.46. The zero-order chi connectivity index (χ0) is 15.9. The number of likely N-dealkylation sites (tertiary alicyclic amines) is 1. The second-order valence-corrected chi connectivity index (χ2v) is 6.28. The van der Waals surface area contributed by atoms with Crippen LogP contribution >= 0.6 is 7.60 Å². The lowest BCUT2D eigenvalue weighted by atomic mass is 10.2. The maximum atomic E-state index is 12.3. The number of hydrogen-bond donors (Lipinski definition) is 0. The SMILES string of the molecule is CCOP(=O)(/C=C/[C@@H]1CC[C@H](C#N)N1C(=O)OC)OCC. The monoisotopic (exact) mass is 316 g/mol. The van der Waals surface area contributed by atoms with Gasteiger partial charge in [0.2, 0.25) is 0 Å². The van der Waals surface area contributed by atoms with Crippen molar-refractivity contribution in [1.82, 2.24) is 4.90 Å². The van der Waals surface area contributed by atoms with Gasteiger partial charge in [0.25, 0.3) is 0 Å². The number of rotatable bonds is 6. The molecule has 7 nitrogen and oxygen atoms in total. The van der Waals surface area contributed by atoms with Crippen LogP contribution in [-0.4, -0.2) is 43.4 Å². The topological polar surface area (TPSA) is 88.9 Å². The summed E-state index contributed by atoms with van der Waals surface area (Å²) in [7, 11) is -2.04. The van der Waals surface area contributed by atoms with Crippen molar-refractivity contribution >= 4 is 13.7 Å². The maximum absolute atomic E-state index is 12.3. The number of hydrogen-bond acceptors (Lipinski definition) is 6. The summed E-state index contributed by atoms with van der Waals surface area (Å²) in [6.45, 7) is 3.96. The third kappa shape index (κ3) is 4.57. The first kappa shape index (κ1) is 17.7. The Morgan fingerprint density at radius 3 is 2.48 bits per heavy atom. The third-order valence-electron chi connectivity index (χ3n) is 3.07. The first-order chi connectivity index (χ1) is 10.0. The molecule has 8 heteroatoms. The van der Waals surface area contributed by atoms with E-state index in [1.165, 1.54) is 17.8 Å². The first-order valence-electron chi connectivity index (χ1n) is 6.85. The van der Waals surface area contributed by atoms with Gasteiger partial charge in [0.15, 0.2) is 0 Å². The van der Waals surface area contributed by atoms with E-state index in [2.05, 4.69) is 6.07 Å². The Kier molecular flexibility index (Phi) is 6.90. The van der Waals surface area contributed by atoms with E-state index in [0.717, 1.165) is 0 Å². The van der Waals surface area contributed by atoms with Gasteiger partial charge in [-0.05, 0) is 26.7 Å². The lowest BCUT2D eigenvalue weighted by Crippen LogP contribution is -2.39. The van der Waals surface area contributed by atoms with Gasteiger partial charge >= 0.3 is 13.7 Å². The molecule has 1 aliphatic heterocycles. The number of amides is 1. The van der Waals surface area contributed by atoms with Gasteiger partial charge in [0.1, 0.15) is 6.04 Å². The van der Waals surface area contributed by atoms with E-state index in [0.29, 0.717) is 12.8 Å². The highest BCUT2D eigenvalue weighted by atomic mass is 31.2. The summed E-state index contributed by atoms with van der Waals surface area (Å²) in [4.78, 5) is 13.1. The minimum Gasteiger partial charge on any atom is -0.453 e. The number of nitrogens with zero attached hydrogens (tertiary/aromatic N) is 2. The smallest absolute Gasteiger partial charge is 0.411 e. The van der Waals surface area contributed by atoms with Crippen LogP contribution in [0.1, 0.15) is 26.7 Å². The van der Waals surface area contributed by atoms with Crippen molar-refractivity contribution in [2.24, 2.45) is 0 Å². The summed E-state index contributed by atoms with van der Waals surface area (Å²) in [5.74, 6) is 1.36. The lowest BCUT2D eigenvalue weighted by molar-refractivity contribution is 0.117. The zero-order valence-electron chi connectivity index (χ0n) is 12.5. The van der Waals surface area contributed by atoms with Gasteiger partial charge in [-0.3, -0.25) is 9.46 Å². The van der Waals surface area contributed by atoms with Crippen LogP contribution in [0.4, 0.5) is 4.79 Å². The molecule has 1 fully saturated rings. The van der Waals surface area contributed by atoms with E-state index in [9.17, 15) is 9.36 Å². The summed E-state index contributed by atoms with van der Waals surface area (Å²) < 4.78 is 27.3. The van der Waals surface area contributed by atoms with Gasteiger partial charge in [0.05, 0.1) is 32.4 Å². The molecule has 1 saturated heterocycles. The van der Waals surface area contributed by atoms with Gasteiger partial charge < -0.3 is 13.8 Å². The summed E-state index contributed by atoms with van der Waals surface area (Å²) in [6.07, 6.45) is 2.17. The Morgan fingerprint density at radius 2 is 2.00 bits per heavy atom. The number of carbonyl (C=O) groups is 1. The molecule has 0 aromatic rings. The Labute approximate surface area is 125 Å². The number of carbonyl (C=O) groups excluding carboxylic acids is 1. The molecule has 1 amide bonds. The molecule has 0 aliphatic carbocycles. The average molecular weight is 316 g/mol. The molecule has 21 heavy (non-hydrogen) atoms. The molecule has 1 aliphatic rings. The molecular formula is C13H21N2O5P. The molecule has 0 aromatic heterocycles. The maximum Gasteiger partial charge on any atom is 0.411 e. The second kappa shape index (κ2) is 8.18. The van der Waals surface area contributed by atoms with Gasteiger partial charge in [-0.1, -0.05) is 6.08 Å². The predicted octanol–water partition coefficient (Wildman–Crippen LogP) is 2.89. The second-order valence-electron chi connectivity index (χ2n) is 4.38. The molecule has 0 aromatic carbocycles. The van der Waals surface area contributed by atoms with Crippen LogP contribution in [0.15, 0.2) is 11.9 Å². The van der Waals surface area contributed by atoms with Gasteiger partial charge in [-0.2, -0.15) is 5.26 Å². The minimum atomic E-state index is -3.31. The molecule has 0 N–H and O–H groups in total. The fourth-order valence-electron chi connectivity index (χ4n) is 2.21. The Morgan fingerprint density at radius 1 is 1.38 bits per heavy atom. The number of nitriles is 1. The molecule has 0 unspecified atom stereocenters. The molecule has 0 saturated carbocycles. The fraction of sp³-hybridized carbons (Fsp3) is 0.692. The van der Waals surface area contributed by atoms with Crippen molar-refractivity contribution in [2.75, 3.05) is 20.3 Å². The average Bonchev–Trinajstić information content (AvgIpc) is 2.88. The van der Waals surface area contributed by atoms with E-state index >= 15 is 0 Å². The van der Waals surface area contributed by atoms with Crippen LogP contribution < -0.4 is 0 Å². The molecule has 1 heterocycles. The number of methoxy groups -OCH3 is 1. The van der Waals surface area contributed by atoms with Crippen molar-refractivity contribution in [2.45, 2.75) is 38.8 Å². The van der Waals surface area contributed by atoms with Crippen molar-refractivity contribution in [1.29, 1.82) is 5.26 Å². The van der Waals surface area contributed by atoms with Crippen molar-refractivity contribution in [3.8, 4) is 6.07 Å². The van der Waals surface area contributed by atoms with Crippen molar-refractivity contribution in [3.05, 3.63) is 11.9 Å². The predicted molar refractivity (Wildman–Crippen MR) is 76.7 cm³/mol. The Bertz CT molecular complexity index is 464. The van der Waals surface area contributed by atoms with E-state index in [1.54, 1.807) is 19.9 Å².